The van der Waals surface area contributed by atoms with Gasteiger partial charge in [-0.05, 0) is 70.1 Å². The molecule has 1 amide bonds. The normalized spacial score (nSPS) is 16.8. The fourth-order valence-corrected chi connectivity index (χ4v) is 4.71. The molecule has 2 aromatic carbocycles. The van der Waals surface area contributed by atoms with Crippen molar-refractivity contribution in [3.8, 4) is 11.4 Å². The van der Waals surface area contributed by atoms with E-state index in [0.29, 0.717) is 5.52 Å². The highest BCUT2D eigenvalue weighted by molar-refractivity contribution is 6.31. The highest BCUT2D eigenvalue weighted by Crippen LogP contribution is 2.29. The summed E-state index contributed by atoms with van der Waals surface area (Å²) in [6.45, 7) is 6.59. The number of halogens is 5. The average molecular weight is 554 g/mol. The van der Waals surface area contributed by atoms with Gasteiger partial charge in [-0.1, -0.05) is 11.6 Å². The number of hydrogen-bond acceptors (Lipinski definition) is 5. The highest BCUT2D eigenvalue weighted by Gasteiger charge is 2.37. The Labute approximate surface area is 221 Å². The van der Waals surface area contributed by atoms with E-state index in [-0.39, 0.29) is 27.3 Å². The van der Waals surface area contributed by atoms with Crippen LogP contribution in [0.15, 0.2) is 41.2 Å². The van der Waals surface area contributed by atoms with Crippen molar-refractivity contribution in [1.82, 2.24) is 20.2 Å². The Morgan fingerprint density at radius 3 is 2.66 bits per heavy atom. The number of hydrogen-bond donors (Lipinski definition) is 2. The SMILES string of the molecule is C[C@H](NC(=O)Cn1c(-c2ccc(F)c(Cl)c2)nc2ccc(N3CCCNCC3(C)C)cc2c1=O)C(F)(F)F. The number of anilines is 1. The van der Waals surface area contributed by atoms with Crippen LogP contribution in [0.2, 0.25) is 5.02 Å². The van der Waals surface area contributed by atoms with Gasteiger partial charge >= 0.3 is 6.18 Å². The van der Waals surface area contributed by atoms with Gasteiger partial charge in [0.1, 0.15) is 24.2 Å². The lowest BCUT2D eigenvalue weighted by Crippen LogP contribution is -2.48. The quantitative estimate of drug-likeness (QED) is 0.455. The Kier molecular flexibility index (Phi) is 7.72. The average Bonchev–Trinajstić information content (AvgIpc) is 3.01. The first kappa shape index (κ1) is 27.8. The zero-order valence-electron chi connectivity index (χ0n) is 21.1. The lowest BCUT2D eigenvalue weighted by atomic mass is 10.0. The van der Waals surface area contributed by atoms with Crippen LogP contribution >= 0.6 is 11.6 Å². The number of aromatic nitrogens is 2. The molecule has 0 bridgehead atoms. The minimum atomic E-state index is -4.65. The van der Waals surface area contributed by atoms with Crippen molar-refractivity contribution in [1.29, 1.82) is 0 Å². The Bertz CT molecular complexity index is 1420. The summed E-state index contributed by atoms with van der Waals surface area (Å²) in [7, 11) is 0. The van der Waals surface area contributed by atoms with E-state index >= 15 is 0 Å². The van der Waals surface area contributed by atoms with Crippen molar-refractivity contribution in [3.05, 3.63) is 57.6 Å². The van der Waals surface area contributed by atoms with E-state index in [2.05, 4.69) is 29.0 Å². The first-order valence-electron chi connectivity index (χ1n) is 12.1. The lowest BCUT2D eigenvalue weighted by Gasteiger charge is -2.39. The summed E-state index contributed by atoms with van der Waals surface area (Å²) < 4.78 is 53.9. The second-order valence-corrected chi connectivity index (χ2v) is 10.4. The molecule has 0 radical (unpaired) electrons. The molecule has 1 aromatic heterocycles. The van der Waals surface area contributed by atoms with Crippen LogP contribution in [0.5, 0.6) is 0 Å². The van der Waals surface area contributed by atoms with Crippen LogP contribution in [0.4, 0.5) is 23.2 Å². The molecule has 0 saturated carbocycles. The first-order chi connectivity index (χ1) is 17.8. The predicted octanol–water partition coefficient (Wildman–Crippen LogP) is 4.50. The van der Waals surface area contributed by atoms with Crippen molar-refractivity contribution in [2.45, 2.75) is 51.5 Å². The fourth-order valence-electron chi connectivity index (χ4n) is 4.52. The number of benzene rings is 2. The Hall–Kier alpha value is -3.18. The van der Waals surface area contributed by atoms with Gasteiger partial charge in [-0.15, -0.1) is 0 Å². The maximum Gasteiger partial charge on any atom is 0.408 e. The standard InChI is InChI=1S/C26H28ClF4N5O2/c1-15(26(29,30)31)33-22(37)13-35-23(16-5-7-20(28)19(27)11-16)34-21-8-6-17(12-18(21)24(35)38)36-10-4-9-32-14-25(36,2)3/h5-8,11-12,15,32H,4,9-10,13-14H2,1-3H3,(H,33,37)/t15-/m0/s1. The summed E-state index contributed by atoms with van der Waals surface area (Å²) in [4.78, 5) is 33.1. The molecule has 1 fully saturated rings. The Balaban J connectivity index is 1.85. The second-order valence-electron chi connectivity index (χ2n) is 9.98. The molecule has 7 nitrogen and oxygen atoms in total. The van der Waals surface area contributed by atoms with Gasteiger partial charge < -0.3 is 15.5 Å². The topological polar surface area (TPSA) is 79.3 Å². The maximum absolute atomic E-state index is 13.8. The monoisotopic (exact) mass is 553 g/mol. The summed E-state index contributed by atoms with van der Waals surface area (Å²) in [6, 6.07) is 6.78. The van der Waals surface area contributed by atoms with E-state index in [4.69, 9.17) is 11.6 Å². The molecule has 0 aliphatic carbocycles. The van der Waals surface area contributed by atoms with E-state index < -0.39 is 36.0 Å². The minimum absolute atomic E-state index is 0.0220. The van der Waals surface area contributed by atoms with Crippen molar-refractivity contribution >= 4 is 34.1 Å². The number of carbonyl (C=O) groups is 1. The van der Waals surface area contributed by atoms with Gasteiger partial charge in [0.15, 0.2) is 0 Å². The molecule has 3 aromatic rings. The molecule has 204 valence electrons. The van der Waals surface area contributed by atoms with Gasteiger partial charge in [0.25, 0.3) is 5.56 Å². The zero-order valence-corrected chi connectivity index (χ0v) is 21.9. The molecule has 4 rings (SSSR count). The van der Waals surface area contributed by atoms with Crippen LogP contribution in [0.25, 0.3) is 22.3 Å². The third kappa shape index (κ3) is 5.78. The summed E-state index contributed by atoms with van der Waals surface area (Å²) in [6.07, 6.45) is -3.76. The molecular formula is C26H28ClF4N5O2. The highest BCUT2D eigenvalue weighted by atomic mass is 35.5. The van der Waals surface area contributed by atoms with Crippen LogP contribution in [-0.2, 0) is 11.3 Å². The molecule has 2 N–H and O–H groups in total. The van der Waals surface area contributed by atoms with E-state index in [0.717, 1.165) is 49.3 Å². The second kappa shape index (κ2) is 10.5. The number of nitrogens with one attached hydrogen (secondary N) is 2. The number of amides is 1. The van der Waals surface area contributed by atoms with Crippen molar-refractivity contribution in [2.24, 2.45) is 0 Å². The van der Waals surface area contributed by atoms with E-state index in [1.54, 1.807) is 12.1 Å². The minimum Gasteiger partial charge on any atom is -0.365 e. The van der Waals surface area contributed by atoms with Crippen LogP contribution in [0, 0.1) is 5.82 Å². The summed E-state index contributed by atoms with van der Waals surface area (Å²) >= 11 is 5.94. The van der Waals surface area contributed by atoms with E-state index in [1.807, 2.05) is 11.4 Å². The van der Waals surface area contributed by atoms with Gasteiger partial charge in [-0.3, -0.25) is 14.2 Å². The van der Waals surface area contributed by atoms with E-state index in [1.165, 1.54) is 12.1 Å². The van der Waals surface area contributed by atoms with Crippen LogP contribution in [-0.4, -0.2) is 52.8 Å². The van der Waals surface area contributed by atoms with Gasteiger partial charge in [0.2, 0.25) is 5.91 Å². The Morgan fingerprint density at radius 1 is 1.24 bits per heavy atom. The molecular weight excluding hydrogens is 526 g/mol. The smallest absolute Gasteiger partial charge is 0.365 e. The fraction of sp³-hybridized carbons (Fsp3) is 0.423. The van der Waals surface area contributed by atoms with Crippen molar-refractivity contribution < 1.29 is 22.4 Å². The van der Waals surface area contributed by atoms with E-state index in [9.17, 15) is 27.2 Å². The molecule has 1 aliphatic heterocycles. The van der Waals surface area contributed by atoms with Gasteiger partial charge in [-0.25, -0.2) is 9.37 Å². The number of nitrogens with zero attached hydrogens (tertiary/aromatic N) is 3. The molecule has 1 aliphatic rings. The third-order valence-corrected chi connectivity index (χ3v) is 6.91. The molecule has 1 saturated heterocycles. The lowest BCUT2D eigenvalue weighted by molar-refractivity contribution is -0.158. The number of carbonyl (C=O) groups excluding carboxylic acids is 1. The zero-order chi connectivity index (χ0) is 27.8. The first-order valence-corrected chi connectivity index (χ1v) is 12.5. The summed E-state index contributed by atoms with van der Waals surface area (Å²) in [5, 5.41) is 5.23. The van der Waals surface area contributed by atoms with Crippen LogP contribution in [0.1, 0.15) is 27.2 Å². The molecule has 2 heterocycles. The molecule has 0 unspecified atom stereocenters. The number of alkyl halides is 3. The summed E-state index contributed by atoms with van der Waals surface area (Å²) in [5.41, 5.74) is 0.461. The maximum atomic E-state index is 13.8. The van der Waals surface area contributed by atoms with Gasteiger partial charge in [0, 0.05) is 29.9 Å². The van der Waals surface area contributed by atoms with Gasteiger partial charge in [0.05, 0.1) is 15.9 Å². The predicted molar refractivity (Wildman–Crippen MR) is 139 cm³/mol. The van der Waals surface area contributed by atoms with Crippen LogP contribution in [0.3, 0.4) is 0 Å². The number of fused-ring (bicyclic) bond motifs is 1. The molecule has 12 heteroatoms. The molecule has 1 atom stereocenters. The number of rotatable bonds is 5. The Morgan fingerprint density at radius 2 is 1.97 bits per heavy atom. The summed E-state index contributed by atoms with van der Waals surface area (Å²) in [5.74, 6) is -1.74. The van der Waals surface area contributed by atoms with Crippen molar-refractivity contribution in [3.63, 3.8) is 0 Å². The van der Waals surface area contributed by atoms with Crippen molar-refractivity contribution in [2.75, 3.05) is 24.5 Å². The van der Waals surface area contributed by atoms with Crippen LogP contribution < -0.4 is 21.1 Å². The molecule has 38 heavy (non-hydrogen) atoms. The largest absolute Gasteiger partial charge is 0.408 e. The third-order valence-electron chi connectivity index (χ3n) is 6.62. The molecule has 0 spiro atoms. The van der Waals surface area contributed by atoms with Gasteiger partial charge in [-0.2, -0.15) is 13.2 Å².